The van der Waals surface area contributed by atoms with Gasteiger partial charge >= 0.3 is 0 Å². The van der Waals surface area contributed by atoms with E-state index in [1.54, 1.807) is 24.1 Å². The molecule has 0 saturated heterocycles. The van der Waals surface area contributed by atoms with Gasteiger partial charge in [0, 0.05) is 17.1 Å². The second-order valence-electron chi connectivity index (χ2n) is 5.66. The number of hydrogen-bond donors (Lipinski definition) is 1. The summed E-state index contributed by atoms with van der Waals surface area (Å²) < 4.78 is 7.18. The van der Waals surface area contributed by atoms with Crippen LogP contribution in [-0.4, -0.2) is 26.9 Å². The molecule has 0 unspecified atom stereocenters. The smallest absolute Gasteiger partial charge is 0.168 e. The van der Waals surface area contributed by atoms with Crippen molar-refractivity contribution in [3.63, 3.8) is 0 Å². The Morgan fingerprint density at radius 2 is 1.96 bits per heavy atom. The van der Waals surface area contributed by atoms with Crippen molar-refractivity contribution in [1.29, 1.82) is 0 Å². The molecule has 7 heteroatoms. The first kappa shape index (κ1) is 16.4. The molecule has 1 N–H and O–H groups in total. The number of hydrogen-bond acceptors (Lipinski definition) is 5. The summed E-state index contributed by atoms with van der Waals surface area (Å²) >= 11 is 6.10. The molecule has 6 nitrogen and oxygen atoms in total. The maximum atomic E-state index is 6.10. The summed E-state index contributed by atoms with van der Waals surface area (Å²) in [5.74, 6) is 1.48. The van der Waals surface area contributed by atoms with Gasteiger partial charge in [0.15, 0.2) is 5.65 Å². The third kappa shape index (κ3) is 3.07. The van der Waals surface area contributed by atoms with Crippen LogP contribution in [0.3, 0.4) is 0 Å². The van der Waals surface area contributed by atoms with Gasteiger partial charge in [0.2, 0.25) is 0 Å². The molecule has 4 rings (SSSR count). The summed E-state index contributed by atoms with van der Waals surface area (Å²) in [5.41, 5.74) is 2.64. The maximum Gasteiger partial charge on any atom is 0.168 e. The molecule has 130 valence electrons. The highest BCUT2D eigenvalue weighted by molar-refractivity contribution is 6.30. The first-order chi connectivity index (χ1) is 12.8. The van der Waals surface area contributed by atoms with Gasteiger partial charge in [0.05, 0.1) is 24.4 Å². The number of para-hydroxylation sites is 1. The number of halogens is 1. The molecule has 0 bridgehead atoms. The van der Waals surface area contributed by atoms with Gasteiger partial charge < -0.3 is 10.1 Å². The average Bonchev–Trinajstić information content (AvgIpc) is 3.12. The molecule has 2 aromatic carbocycles. The van der Waals surface area contributed by atoms with E-state index in [1.165, 1.54) is 6.33 Å². The maximum absolute atomic E-state index is 6.10. The van der Waals surface area contributed by atoms with E-state index in [-0.39, 0.29) is 0 Å². The van der Waals surface area contributed by atoms with Crippen LogP contribution in [0.4, 0.5) is 5.82 Å². The lowest BCUT2D eigenvalue weighted by molar-refractivity contribution is 0.410. The summed E-state index contributed by atoms with van der Waals surface area (Å²) in [6.07, 6.45) is 3.29. The van der Waals surface area contributed by atoms with Crippen molar-refractivity contribution in [2.24, 2.45) is 0 Å². The minimum Gasteiger partial charge on any atom is -0.496 e. The molecule has 0 radical (unpaired) electrons. The van der Waals surface area contributed by atoms with E-state index in [1.807, 2.05) is 42.5 Å². The molecule has 0 saturated carbocycles. The van der Waals surface area contributed by atoms with Gasteiger partial charge in [-0.25, -0.2) is 14.6 Å². The van der Waals surface area contributed by atoms with E-state index < -0.39 is 0 Å². The van der Waals surface area contributed by atoms with Crippen molar-refractivity contribution in [2.45, 2.75) is 6.54 Å². The molecule has 0 fully saturated rings. The first-order valence-electron chi connectivity index (χ1n) is 8.06. The molecule has 26 heavy (non-hydrogen) atoms. The number of benzene rings is 2. The highest BCUT2D eigenvalue weighted by atomic mass is 35.5. The number of fused-ring (bicyclic) bond motifs is 1. The summed E-state index contributed by atoms with van der Waals surface area (Å²) in [6, 6.07) is 15.4. The van der Waals surface area contributed by atoms with Gasteiger partial charge in [0.25, 0.3) is 0 Å². The topological polar surface area (TPSA) is 64.9 Å². The quantitative estimate of drug-likeness (QED) is 0.577. The van der Waals surface area contributed by atoms with E-state index in [0.29, 0.717) is 17.4 Å². The van der Waals surface area contributed by atoms with Crippen LogP contribution in [0.25, 0.3) is 16.7 Å². The van der Waals surface area contributed by atoms with Crippen LogP contribution >= 0.6 is 11.6 Å². The van der Waals surface area contributed by atoms with E-state index in [9.17, 15) is 0 Å². The van der Waals surface area contributed by atoms with Crippen LogP contribution < -0.4 is 10.1 Å². The first-order valence-corrected chi connectivity index (χ1v) is 8.44. The number of nitrogens with one attached hydrogen (secondary N) is 1. The Balaban J connectivity index is 1.66. The standard InChI is InChI=1S/C19H16ClN5O/c1-26-17-8-7-14(20)9-13(17)10-21-18-16-11-24-25(19(16)23-12-22-18)15-5-3-2-4-6-15/h2-9,11-12H,10H2,1H3,(H,21,22,23). The van der Waals surface area contributed by atoms with Crippen molar-refractivity contribution >= 4 is 28.5 Å². The third-order valence-corrected chi connectivity index (χ3v) is 4.29. The fraction of sp³-hybridized carbons (Fsp3) is 0.105. The fourth-order valence-electron chi connectivity index (χ4n) is 2.81. The van der Waals surface area contributed by atoms with Gasteiger partial charge in [-0.2, -0.15) is 5.10 Å². The Bertz CT molecular complexity index is 1050. The zero-order valence-corrected chi connectivity index (χ0v) is 14.8. The number of methoxy groups -OCH3 is 1. The number of ether oxygens (including phenoxy) is 1. The van der Waals surface area contributed by atoms with Crippen molar-refractivity contribution in [3.8, 4) is 11.4 Å². The lowest BCUT2D eigenvalue weighted by Crippen LogP contribution is -2.04. The predicted molar refractivity (Wildman–Crippen MR) is 102 cm³/mol. The van der Waals surface area contributed by atoms with Crippen LogP contribution in [-0.2, 0) is 6.54 Å². The van der Waals surface area contributed by atoms with E-state index in [4.69, 9.17) is 16.3 Å². The van der Waals surface area contributed by atoms with Crippen molar-refractivity contribution in [3.05, 3.63) is 71.6 Å². The SMILES string of the molecule is COc1ccc(Cl)cc1CNc1ncnc2c1cnn2-c1ccccc1. The van der Waals surface area contributed by atoms with Crippen LogP contribution in [0.2, 0.25) is 5.02 Å². The Labute approximate surface area is 155 Å². The zero-order chi connectivity index (χ0) is 17.9. The fourth-order valence-corrected chi connectivity index (χ4v) is 3.00. The molecule has 0 spiro atoms. The summed E-state index contributed by atoms with van der Waals surface area (Å²) in [7, 11) is 1.64. The summed E-state index contributed by atoms with van der Waals surface area (Å²) in [4.78, 5) is 8.74. The number of aromatic nitrogens is 4. The normalized spacial score (nSPS) is 10.8. The Morgan fingerprint density at radius 3 is 2.77 bits per heavy atom. The molecule has 0 aliphatic carbocycles. The summed E-state index contributed by atoms with van der Waals surface area (Å²) in [5, 5.41) is 9.29. The Hall–Kier alpha value is -3.12. The van der Waals surface area contributed by atoms with Gasteiger partial charge in [-0.05, 0) is 30.3 Å². The summed E-state index contributed by atoms with van der Waals surface area (Å²) in [6.45, 7) is 0.520. The van der Waals surface area contributed by atoms with Gasteiger partial charge in [-0.1, -0.05) is 29.8 Å². The van der Waals surface area contributed by atoms with Crippen LogP contribution in [0.5, 0.6) is 5.75 Å². The highest BCUT2D eigenvalue weighted by Crippen LogP contribution is 2.25. The van der Waals surface area contributed by atoms with E-state index in [0.717, 1.165) is 28.0 Å². The Morgan fingerprint density at radius 1 is 1.12 bits per heavy atom. The lowest BCUT2D eigenvalue weighted by atomic mass is 10.2. The monoisotopic (exact) mass is 365 g/mol. The van der Waals surface area contributed by atoms with Gasteiger partial charge in [0.1, 0.15) is 17.9 Å². The number of nitrogens with zero attached hydrogens (tertiary/aromatic N) is 4. The van der Waals surface area contributed by atoms with Crippen molar-refractivity contribution < 1.29 is 4.74 Å². The van der Waals surface area contributed by atoms with Gasteiger partial charge in [-0.3, -0.25) is 0 Å². The number of rotatable bonds is 5. The second kappa shape index (κ2) is 7.01. The van der Waals surface area contributed by atoms with Crippen molar-refractivity contribution in [1.82, 2.24) is 19.7 Å². The van der Waals surface area contributed by atoms with Crippen LogP contribution in [0, 0.1) is 0 Å². The largest absolute Gasteiger partial charge is 0.496 e. The minimum absolute atomic E-state index is 0.520. The van der Waals surface area contributed by atoms with Crippen LogP contribution in [0.1, 0.15) is 5.56 Å². The third-order valence-electron chi connectivity index (χ3n) is 4.06. The second-order valence-corrected chi connectivity index (χ2v) is 6.10. The Kier molecular flexibility index (Phi) is 4.41. The van der Waals surface area contributed by atoms with E-state index >= 15 is 0 Å². The number of anilines is 1. The highest BCUT2D eigenvalue weighted by Gasteiger charge is 2.12. The average molecular weight is 366 g/mol. The lowest BCUT2D eigenvalue weighted by Gasteiger charge is -2.11. The minimum atomic E-state index is 0.520. The predicted octanol–water partition coefficient (Wildman–Crippen LogP) is 4.09. The molecule has 0 aliphatic rings. The van der Waals surface area contributed by atoms with E-state index in [2.05, 4.69) is 20.4 Å². The molecule has 2 aromatic heterocycles. The molecule has 0 amide bonds. The molecular formula is C19H16ClN5O. The zero-order valence-electron chi connectivity index (χ0n) is 14.1. The molecule has 2 heterocycles. The van der Waals surface area contributed by atoms with Gasteiger partial charge in [-0.15, -0.1) is 0 Å². The molecular weight excluding hydrogens is 350 g/mol. The molecule has 0 aliphatic heterocycles. The van der Waals surface area contributed by atoms with Crippen LogP contribution in [0.15, 0.2) is 61.1 Å². The van der Waals surface area contributed by atoms with Crippen molar-refractivity contribution in [2.75, 3.05) is 12.4 Å². The molecule has 0 atom stereocenters. The molecule has 4 aromatic rings.